The number of thioether (sulfide) groups is 1. The molecule has 0 aliphatic rings. The number of rotatable bonds is 6. The van der Waals surface area contributed by atoms with E-state index in [1.54, 1.807) is 38.0 Å². The van der Waals surface area contributed by atoms with Crippen molar-refractivity contribution < 1.29 is 8.42 Å². The number of pyridine rings is 1. The lowest BCUT2D eigenvalue weighted by Crippen LogP contribution is -2.29. The topological polar surface area (TPSA) is 62.3 Å². The maximum atomic E-state index is 12.1. The van der Waals surface area contributed by atoms with Gasteiger partial charge in [-0.05, 0) is 18.4 Å². The average Bonchev–Trinajstić information content (AvgIpc) is 2.35. The van der Waals surface area contributed by atoms with Crippen LogP contribution in [0.2, 0.25) is 0 Å². The van der Waals surface area contributed by atoms with Gasteiger partial charge in [0, 0.05) is 32.6 Å². The quantitative estimate of drug-likeness (QED) is 0.842. The summed E-state index contributed by atoms with van der Waals surface area (Å²) in [5, 5.41) is 2.85. The second kappa shape index (κ2) is 6.23. The lowest BCUT2D eigenvalue weighted by Gasteiger charge is -2.16. The number of anilines is 1. The molecule has 1 N–H and O–H groups in total. The van der Waals surface area contributed by atoms with E-state index >= 15 is 0 Å². The highest BCUT2D eigenvalue weighted by Crippen LogP contribution is 2.15. The van der Waals surface area contributed by atoms with Gasteiger partial charge in [-0.3, -0.25) is 0 Å². The van der Waals surface area contributed by atoms with Gasteiger partial charge in [-0.2, -0.15) is 11.8 Å². The molecule has 0 radical (unpaired) electrons. The van der Waals surface area contributed by atoms with Crippen LogP contribution in [0, 0.1) is 0 Å². The first-order valence-corrected chi connectivity index (χ1v) is 7.95. The molecule has 1 aromatic rings. The molecule has 1 aromatic heterocycles. The summed E-state index contributed by atoms with van der Waals surface area (Å²) >= 11 is 1.62. The number of sulfonamides is 1. The Morgan fingerprint density at radius 1 is 1.47 bits per heavy atom. The number of nitrogens with zero attached hydrogens (tertiary/aromatic N) is 2. The van der Waals surface area contributed by atoms with E-state index in [1.165, 1.54) is 10.5 Å². The van der Waals surface area contributed by atoms with Crippen molar-refractivity contribution >= 4 is 27.6 Å². The molecule has 0 atom stereocenters. The fourth-order valence-corrected chi connectivity index (χ4v) is 2.89. The molecule has 0 aromatic carbocycles. The summed E-state index contributed by atoms with van der Waals surface area (Å²) in [6.45, 7) is 0.497. The zero-order valence-corrected chi connectivity index (χ0v) is 11.8. The third-order valence-corrected chi connectivity index (χ3v) is 4.74. The molecule has 0 saturated carbocycles. The molecule has 0 amide bonds. The van der Waals surface area contributed by atoms with Gasteiger partial charge in [0.05, 0.1) is 0 Å². The smallest absolute Gasteiger partial charge is 0.244 e. The van der Waals surface area contributed by atoms with E-state index in [2.05, 4.69) is 10.3 Å². The van der Waals surface area contributed by atoms with Crippen LogP contribution in [0.15, 0.2) is 23.2 Å². The molecule has 7 heteroatoms. The Balaban J connectivity index is 2.88. The molecule has 0 fully saturated rings. The van der Waals surface area contributed by atoms with Crippen LogP contribution in [-0.2, 0) is 10.0 Å². The van der Waals surface area contributed by atoms with Crippen LogP contribution in [0.4, 0.5) is 5.82 Å². The predicted molar refractivity (Wildman–Crippen MR) is 72.0 cm³/mol. The van der Waals surface area contributed by atoms with Crippen molar-refractivity contribution in [2.75, 3.05) is 38.0 Å². The third-order valence-electron chi connectivity index (χ3n) is 2.31. The van der Waals surface area contributed by atoms with Gasteiger partial charge < -0.3 is 5.32 Å². The highest BCUT2D eigenvalue weighted by molar-refractivity contribution is 7.98. The van der Waals surface area contributed by atoms with Crippen LogP contribution < -0.4 is 5.32 Å². The monoisotopic (exact) mass is 275 g/mol. The van der Waals surface area contributed by atoms with Crippen LogP contribution >= 0.6 is 11.8 Å². The first-order chi connectivity index (χ1) is 8.02. The fourth-order valence-electron chi connectivity index (χ4n) is 1.20. The molecule has 0 saturated heterocycles. The van der Waals surface area contributed by atoms with Gasteiger partial charge >= 0.3 is 0 Å². The Kier molecular flexibility index (Phi) is 5.23. The van der Waals surface area contributed by atoms with Crippen LogP contribution in [0.1, 0.15) is 0 Å². The Labute approximate surface area is 107 Å². The standard InChI is InChI=1S/C10H17N3O2S2/c1-11-10-5-4-9(8-12-10)17(14,15)13(2)6-7-16-3/h4-5,8H,6-7H2,1-3H3,(H,11,12). The Morgan fingerprint density at radius 2 is 2.18 bits per heavy atom. The van der Waals surface area contributed by atoms with Crippen molar-refractivity contribution in [2.24, 2.45) is 0 Å². The predicted octanol–water partition coefficient (Wildman–Crippen LogP) is 1.11. The van der Waals surface area contributed by atoms with E-state index in [-0.39, 0.29) is 4.90 Å². The SMILES string of the molecule is CNc1ccc(S(=O)(=O)N(C)CCSC)cn1. The van der Waals surface area contributed by atoms with Gasteiger partial charge in [0.15, 0.2) is 0 Å². The maximum absolute atomic E-state index is 12.1. The van der Waals surface area contributed by atoms with Crippen molar-refractivity contribution in [1.29, 1.82) is 0 Å². The maximum Gasteiger partial charge on any atom is 0.244 e. The minimum Gasteiger partial charge on any atom is -0.373 e. The molecule has 0 aliphatic carbocycles. The zero-order valence-electron chi connectivity index (χ0n) is 10.2. The van der Waals surface area contributed by atoms with E-state index < -0.39 is 10.0 Å². The molecule has 0 bridgehead atoms. The molecular formula is C10H17N3O2S2. The second-order valence-corrected chi connectivity index (χ2v) is 6.48. The molecular weight excluding hydrogens is 258 g/mol. The Hall–Kier alpha value is -0.790. The summed E-state index contributed by atoms with van der Waals surface area (Å²) in [5.41, 5.74) is 0. The van der Waals surface area contributed by atoms with Gasteiger partial charge in [0.1, 0.15) is 10.7 Å². The third kappa shape index (κ3) is 3.58. The van der Waals surface area contributed by atoms with Crippen molar-refractivity contribution in [3.63, 3.8) is 0 Å². The number of aromatic nitrogens is 1. The summed E-state index contributed by atoms with van der Waals surface area (Å²) < 4.78 is 25.5. The first-order valence-electron chi connectivity index (χ1n) is 5.11. The van der Waals surface area contributed by atoms with Gasteiger partial charge in [-0.1, -0.05) is 0 Å². The van der Waals surface area contributed by atoms with Gasteiger partial charge in [-0.15, -0.1) is 0 Å². The minimum absolute atomic E-state index is 0.222. The summed E-state index contributed by atoms with van der Waals surface area (Å²) in [6.07, 6.45) is 3.32. The normalized spacial score (nSPS) is 11.8. The number of hydrogen-bond acceptors (Lipinski definition) is 5. The van der Waals surface area contributed by atoms with Crippen LogP contribution in [-0.4, -0.2) is 50.4 Å². The summed E-state index contributed by atoms with van der Waals surface area (Å²) in [5.74, 6) is 1.42. The highest BCUT2D eigenvalue weighted by Gasteiger charge is 2.20. The molecule has 0 aliphatic heterocycles. The molecule has 17 heavy (non-hydrogen) atoms. The van der Waals surface area contributed by atoms with E-state index in [4.69, 9.17) is 0 Å². The van der Waals surface area contributed by atoms with E-state index in [0.29, 0.717) is 12.4 Å². The van der Waals surface area contributed by atoms with Gasteiger partial charge in [0.2, 0.25) is 10.0 Å². The van der Waals surface area contributed by atoms with Gasteiger partial charge in [0.25, 0.3) is 0 Å². The van der Waals surface area contributed by atoms with Crippen LogP contribution in [0.5, 0.6) is 0 Å². The molecule has 5 nitrogen and oxygen atoms in total. The Morgan fingerprint density at radius 3 is 2.65 bits per heavy atom. The average molecular weight is 275 g/mol. The van der Waals surface area contributed by atoms with E-state index in [0.717, 1.165) is 5.75 Å². The van der Waals surface area contributed by atoms with Gasteiger partial charge in [-0.25, -0.2) is 17.7 Å². The number of hydrogen-bond donors (Lipinski definition) is 1. The van der Waals surface area contributed by atoms with Crippen molar-refractivity contribution in [3.8, 4) is 0 Å². The van der Waals surface area contributed by atoms with Crippen molar-refractivity contribution in [3.05, 3.63) is 18.3 Å². The zero-order chi connectivity index (χ0) is 12.9. The number of nitrogens with one attached hydrogen (secondary N) is 1. The molecule has 96 valence electrons. The van der Waals surface area contributed by atoms with Crippen LogP contribution in [0.3, 0.4) is 0 Å². The highest BCUT2D eigenvalue weighted by atomic mass is 32.2. The summed E-state index contributed by atoms with van der Waals surface area (Å²) in [7, 11) is -0.0884. The molecule has 0 spiro atoms. The lowest BCUT2D eigenvalue weighted by molar-refractivity contribution is 0.488. The van der Waals surface area contributed by atoms with E-state index in [1.807, 2.05) is 6.26 Å². The molecule has 1 rings (SSSR count). The van der Waals surface area contributed by atoms with Crippen molar-refractivity contribution in [2.45, 2.75) is 4.90 Å². The van der Waals surface area contributed by atoms with Crippen LogP contribution in [0.25, 0.3) is 0 Å². The lowest BCUT2D eigenvalue weighted by atomic mass is 10.5. The summed E-state index contributed by atoms with van der Waals surface area (Å²) in [4.78, 5) is 4.23. The molecule has 0 unspecified atom stereocenters. The largest absolute Gasteiger partial charge is 0.373 e. The second-order valence-electron chi connectivity index (χ2n) is 3.45. The Bertz CT molecular complexity index is 445. The summed E-state index contributed by atoms with van der Waals surface area (Å²) in [6, 6.07) is 3.21. The van der Waals surface area contributed by atoms with E-state index in [9.17, 15) is 8.42 Å². The first kappa shape index (κ1) is 14.3. The van der Waals surface area contributed by atoms with Crippen molar-refractivity contribution in [1.82, 2.24) is 9.29 Å². The fraction of sp³-hybridized carbons (Fsp3) is 0.500. The minimum atomic E-state index is -3.41. The molecule has 1 heterocycles.